The molecule has 0 radical (unpaired) electrons. The molecule has 0 aliphatic carbocycles. The molecule has 0 spiro atoms. The highest BCUT2D eigenvalue weighted by Gasteiger charge is 1.99. The van der Waals surface area contributed by atoms with Crippen LogP contribution in [0.25, 0.3) is 12.3 Å². The molecule has 1 heterocycles. The fourth-order valence-electron chi connectivity index (χ4n) is 0.961. The number of allylic oxidation sites excluding steroid dienone is 1. The summed E-state index contributed by atoms with van der Waals surface area (Å²) in [6, 6.07) is 0. The van der Waals surface area contributed by atoms with E-state index in [-0.39, 0.29) is 0 Å². The maximum Gasteiger partial charge on any atom is 0.136 e. The number of hydrogen-bond donors (Lipinski definition) is 0. The third-order valence-electron chi connectivity index (χ3n) is 2.16. The minimum atomic E-state index is 0.565. The van der Waals surface area contributed by atoms with Gasteiger partial charge in [-0.05, 0) is 18.9 Å². The Bertz CT molecular complexity index is 319. The first-order valence-electron chi connectivity index (χ1n) is 4.48. The van der Waals surface area contributed by atoms with Gasteiger partial charge in [0.1, 0.15) is 5.82 Å². The average Bonchev–Trinajstić information content (AvgIpc) is 2.51. The van der Waals surface area contributed by atoms with E-state index >= 15 is 0 Å². The highest BCUT2D eigenvalue weighted by molar-refractivity contribution is 5.48. The molecule has 0 aliphatic rings. The maximum absolute atomic E-state index is 4.22. The molecule has 2 heteroatoms. The van der Waals surface area contributed by atoms with Crippen LogP contribution < -0.4 is 0 Å². The molecule has 0 unspecified atom stereocenters. The van der Waals surface area contributed by atoms with Crippen molar-refractivity contribution in [2.75, 3.05) is 0 Å². The lowest BCUT2D eigenvalue weighted by Gasteiger charge is -2.04. The smallest absolute Gasteiger partial charge is 0.136 e. The van der Waals surface area contributed by atoms with Gasteiger partial charge < -0.3 is 4.57 Å². The van der Waals surface area contributed by atoms with Gasteiger partial charge in [0.25, 0.3) is 0 Å². The minimum Gasteiger partial charge on any atom is -0.308 e. The Balaban J connectivity index is 2.96. The van der Waals surface area contributed by atoms with Crippen molar-refractivity contribution in [3.05, 3.63) is 30.4 Å². The van der Waals surface area contributed by atoms with E-state index in [1.165, 1.54) is 5.57 Å². The second-order valence-corrected chi connectivity index (χ2v) is 3.42. The van der Waals surface area contributed by atoms with E-state index in [1.807, 2.05) is 10.8 Å². The predicted molar refractivity (Wildman–Crippen MR) is 57.1 cm³/mol. The Kier molecular flexibility index (Phi) is 3.07. The van der Waals surface area contributed by atoms with E-state index in [0.29, 0.717) is 5.92 Å². The van der Waals surface area contributed by atoms with Crippen LogP contribution in [0.1, 0.15) is 26.6 Å². The van der Waals surface area contributed by atoms with Crippen molar-refractivity contribution in [1.29, 1.82) is 0 Å². The van der Waals surface area contributed by atoms with E-state index < -0.39 is 0 Å². The van der Waals surface area contributed by atoms with Crippen LogP contribution in [0.2, 0.25) is 0 Å². The molecular weight excluding hydrogens is 160 g/mol. The summed E-state index contributed by atoms with van der Waals surface area (Å²) in [7, 11) is 0. The quantitative estimate of drug-likeness (QED) is 0.692. The summed E-state index contributed by atoms with van der Waals surface area (Å²) in [6.45, 7) is 10.2. The van der Waals surface area contributed by atoms with Gasteiger partial charge in [-0.1, -0.05) is 26.0 Å². The average molecular weight is 176 g/mol. The van der Waals surface area contributed by atoms with E-state index in [0.717, 1.165) is 5.82 Å². The standard InChI is InChI=1S/C11H16N2/c1-5-13-7-6-12-11(13)8-10(4)9(2)3/h5-9H,1H2,2-4H3/b10-8+. The second kappa shape index (κ2) is 4.08. The lowest BCUT2D eigenvalue weighted by Crippen LogP contribution is -1.92. The van der Waals surface area contributed by atoms with Crippen LogP contribution in [0.4, 0.5) is 0 Å². The van der Waals surface area contributed by atoms with Crippen LogP contribution in [-0.4, -0.2) is 9.55 Å². The largest absolute Gasteiger partial charge is 0.308 e. The number of nitrogens with zero attached hydrogens (tertiary/aromatic N) is 2. The van der Waals surface area contributed by atoms with E-state index in [2.05, 4.69) is 38.4 Å². The van der Waals surface area contributed by atoms with Gasteiger partial charge in [0, 0.05) is 18.6 Å². The van der Waals surface area contributed by atoms with Crippen molar-refractivity contribution in [2.24, 2.45) is 5.92 Å². The van der Waals surface area contributed by atoms with Crippen molar-refractivity contribution in [3.63, 3.8) is 0 Å². The van der Waals surface area contributed by atoms with Crippen LogP contribution in [0.3, 0.4) is 0 Å². The summed E-state index contributed by atoms with van der Waals surface area (Å²) in [5.41, 5.74) is 1.33. The number of imidazole rings is 1. The zero-order chi connectivity index (χ0) is 9.84. The number of aromatic nitrogens is 2. The molecule has 1 rings (SSSR count). The molecule has 0 fully saturated rings. The molecule has 0 saturated heterocycles. The molecule has 0 N–H and O–H groups in total. The molecule has 70 valence electrons. The first kappa shape index (κ1) is 9.78. The zero-order valence-electron chi connectivity index (χ0n) is 8.49. The third kappa shape index (κ3) is 2.31. The molecule has 13 heavy (non-hydrogen) atoms. The molecule has 0 aliphatic heterocycles. The van der Waals surface area contributed by atoms with Crippen molar-refractivity contribution >= 4 is 12.3 Å². The van der Waals surface area contributed by atoms with Crippen molar-refractivity contribution < 1.29 is 0 Å². The topological polar surface area (TPSA) is 17.8 Å². The van der Waals surface area contributed by atoms with E-state index in [4.69, 9.17) is 0 Å². The van der Waals surface area contributed by atoms with Crippen LogP contribution in [-0.2, 0) is 0 Å². The van der Waals surface area contributed by atoms with Gasteiger partial charge in [-0.2, -0.15) is 0 Å². The van der Waals surface area contributed by atoms with Gasteiger partial charge >= 0.3 is 0 Å². The van der Waals surface area contributed by atoms with Crippen molar-refractivity contribution in [3.8, 4) is 0 Å². The SMILES string of the molecule is C=Cn1ccnc1/C=C(\C)C(C)C. The maximum atomic E-state index is 4.22. The normalized spacial score (nSPS) is 12.2. The molecule has 0 atom stereocenters. The Morgan fingerprint density at radius 3 is 2.85 bits per heavy atom. The van der Waals surface area contributed by atoms with Gasteiger partial charge in [0.2, 0.25) is 0 Å². The number of rotatable bonds is 3. The summed E-state index contributed by atoms with van der Waals surface area (Å²) in [5, 5.41) is 0. The Morgan fingerprint density at radius 2 is 2.31 bits per heavy atom. The Morgan fingerprint density at radius 1 is 1.62 bits per heavy atom. The molecule has 0 amide bonds. The zero-order valence-corrected chi connectivity index (χ0v) is 8.49. The van der Waals surface area contributed by atoms with Crippen LogP contribution in [0, 0.1) is 5.92 Å². The predicted octanol–water partition coefficient (Wildman–Crippen LogP) is 3.04. The van der Waals surface area contributed by atoms with Gasteiger partial charge in [0.15, 0.2) is 0 Å². The van der Waals surface area contributed by atoms with E-state index in [9.17, 15) is 0 Å². The lowest BCUT2D eigenvalue weighted by atomic mass is 10.1. The molecule has 1 aromatic rings. The van der Waals surface area contributed by atoms with Gasteiger partial charge in [0.05, 0.1) is 0 Å². The fourth-order valence-corrected chi connectivity index (χ4v) is 0.961. The van der Waals surface area contributed by atoms with Gasteiger partial charge in [-0.3, -0.25) is 0 Å². The Hall–Kier alpha value is -1.31. The van der Waals surface area contributed by atoms with Crippen LogP contribution in [0.15, 0.2) is 24.5 Å². The van der Waals surface area contributed by atoms with Gasteiger partial charge in [-0.25, -0.2) is 4.98 Å². The third-order valence-corrected chi connectivity index (χ3v) is 2.16. The molecular formula is C11H16N2. The molecule has 0 aromatic carbocycles. The summed E-state index contributed by atoms with van der Waals surface area (Å²) < 4.78 is 1.91. The molecule has 2 nitrogen and oxygen atoms in total. The Labute approximate surface area is 79.6 Å². The second-order valence-electron chi connectivity index (χ2n) is 3.42. The highest BCUT2D eigenvalue weighted by Crippen LogP contribution is 2.12. The number of hydrogen-bond acceptors (Lipinski definition) is 1. The van der Waals surface area contributed by atoms with Crippen molar-refractivity contribution in [1.82, 2.24) is 9.55 Å². The monoisotopic (exact) mass is 176 g/mol. The van der Waals surface area contributed by atoms with Crippen molar-refractivity contribution in [2.45, 2.75) is 20.8 Å². The first-order valence-corrected chi connectivity index (χ1v) is 4.48. The summed E-state index contributed by atoms with van der Waals surface area (Å²) in [4.78, 5) is 4.22. The molecule has 0 bridgehead atoms. The lowest BCUT2D eigenvalue weighted by molar-refractivity contribution is 0.774. The first-order chi connectivity index (χ1) is 6.15. The van der Waals surface area contributed by atoms with Gasteiger partial charge in [-0.15, -0.1) is 0 Å². The fraction of sp³-hybridized carbons (Fsp3) is 0.364. The summed E-state index contributed by atoms with van der Waals surface area (Å²) in [6.07, 6.45) is 7.52. The van der Waals surface area contributed by atoms with Crippen LogP contribution in [0.5, 0.6) is 0 Å². The molecule has 1 aromatic heterocycles. The highest BCUT2D eigenvalue weighted by atomic mass is 15.0. The minimum absolute atomic E-state index is 0.565. The summed E-state index contributed by atoms with van der Waals surface area (Å²) >= 11 is 0. The van der Waals surface area contributed by atoms with E-state index in [1.54, 1.807) is 12.4 Å². The van der Waals surface area contributed by atoms with Crippen LogP contribution >= 0.6 is 0 Å². The summed E-state index contributed by atoms with van der Waals surface area (Å²) in [5.74, 6) is 1.51. The molecule has 0 saturated carbocycles.